The van der Waals surface area contributed by atoms with Crippen LogP contribution in [0.5, 0.6) is 17.2 Å². The number of hydrogen-bond donors (Lipinski definition) is 0. The van der Waals surface area contributed by atoms with Crippen molar-refractivity contribution in [1.82, 2.24) is 4.90 Å². The zero-order valence-corrected chi connectivity index (χ0v) is 16.3. The molecular formula is C20H24ClNO4. The van der Waals surface area contributed by atoms with E-state index < -0.39 is 0 Å². The Kier molecular flexibility index (Phi) is 7.16. The Morgan fingerprint density at radius 3 is 2.19 bits per heavy atom. The summed E-state index contributed by atoms with van der Waals surface area (Å²) in [4.78, 5) is 14.1. The van der Waals surface area contributed by atoms with Crippen molar-refractivity contribution in [3.63, 3.8) is 0 Å². The lowest BCUT2D eigenvalue weighted by atomic mass is 10.1. The number of aryl methyl sites for hydroxylation is 1. The molecule has 0 saturated heterocycles. The molecule has 2 aromatic rings. The summed E-state index contributed by atoms with van der Waals surface area (Å²) >= 11 is 5.88. The van der Waals surface area contributed by atoms with Crippen LogP contribution in [-0.4, -0.2) is 39.2 Å². The van der Waals surface area contributed by atoms with Gasteiger partial charge in [0.05, 0.1) is 21.3 Å². The Bertz CT molecular complexity index is 746. The first-order valence-corrected chi connectivity index (χ1v) is 8.64. The van der Waals surface area contributed by atoms with Gasteiger partial charge in [0.25, 0.3) is 0 Å². The van der Waals surface area contributed by atoms with Crippen molar-refractivity contribution in [1.29, 1.82) is 0 Å². The van der Waals surface area contributed by atoms with E-state index in [2.05, 4.69) is 0 Å². The van der Waals surface area contributed by atoms with Crippen LogP contribution in [0.15, 0.2) is 36.4 Å². The van der Waals surface area contributed by atoms with Crippen LogP contribution in [0.25, 0.3) is 0 Å². The van der Waals surface area contributed by atoms with Gasteiger partial charge in [0, 0.05) is 30.6 Å². The van der Waals surface area contributed by atoms with Crippen LogP contribution >= 0.6 is 11.6 Å². The maximum Gasteiger partial charge on any atom is 0.222 e. The van der Waals surface area contributed by atoms with Crippen molar-refractivity contribution in [2.75, 3.05) is 28.4 Å². The summed E-state index contributed by atoms with van der Waals surface area (Å²) in [7, 11) is 6.48. The van der Waals surface area contributed by atoms with E-state index in [-0.39, 0.29) is 5.91 Å². The van der Waals surface area contributed by atoms with Gasteiger partial charge in [0.2, 0.25) is 11.7 Å². The molecule has 0 aromatic heterocycles. The van der Waals surface area contributed by atoms with Gasteiger partial charge in [-0.05, 0) is 36.2 Å². The molecule has 0 aliphatic rings. The monoisotopic (exact) mass is 377 g/mol. The maximum atomic E-state index is 12.5. The fourth-order valence-electron chi connectivity index (χ4n) is 2.72. The highest BCUT2D eigenvalue weighted by atomic mass is 35.5. The van der Waals surface area contributed by atoms with Gasteiger partial charge in [-0.2, -0.15) is 0 Å². The molecule has 0 saturated carbocycles. The summed E-state index contributed by atoms with van der Waals surface area (Å²) in [5.74, 6) is 1.74. The van der Waals surface area contributed by atoms with E-state index in [0.29, 0.717) is 41.7 Å². The number of ether oxygens (including phenoxy) is 3. The van der Waals surface area contributed by atoms with Gasteiger partial charge in [-0.25, -0.2) is 0 Å². The summed E-state index contributed by atoms with van der Waals surface area (Å²) in [5.41, 5.74) is 1.94. The largest absolute Gasteiger partial charge is 0.493 e. The summed E-state index contributed by atoms with van der Waals surface area (Å²) < 4.78 is 16.2. The van der Waals surface area contributed by atoms with Gasteiger partial charge in [-0.15, -0.1) is 0 Å². The molecule has 2 rings (SSSR count). The number of benzene rings is 2. The number of halogens is 1. The Morgan fingerprint density at radius 2 is 1.62 bits per heavy atom. The molecule has 140 valence electrons. The third kappa shape index (κ3) is 4.82. The SMILES string of the molecule is COc1ccc(CN(C)C(=O)CCc2ccc(Cl)cc2)c(OC)c1OC. The predicted molar refractivity (Wildman–Crippen MR) is 102 cm³/mol. The highest BCUT2D eigenvalue weighted by molar-refractivity contribution is 6.30. The van der Waals surface area contributed by atoms with E-state index in [1.54, 1.807) is 33.3 Å². The van der Waals surface area contributed by atoms with Gasteiger partial charge in [0.15, 0.2) is 11.5 Å². The van der Waals surface area contributed by atoms with Gasteiger partial charge in [0.1, 0.15) is 0 Å². The summed E-state index contributed by atoms with van der Waals surface area (Å²) in [6.07, 6.45) is 1.09. The number of amides is 1. The minimum atomic E-state index is 0.0526. The first-order valence-electron chi connectivity index (χ1n) is 8.26. The van der Waals surface area contributed by atoms with Crippen LogP contribution in [-0.2, 0) is 17.8 Å². The van der Waals surface area contributed by atoms with E-state index in [9.17, 15) is 4.79 Å². The van der Waals surface area contributed by atoms with Crippen molar-refractivity contribution < 1.29 is 19.0 Å². The molecule has 0 aliphatic heterocycles. The summed E-state index contributed by atoms with van der Waals surface area (Å²) in [5, 5.41) is 0.692. The molecule has 0 atom stereocenters. The fraction of sp³-hybridized carbons (Fsp3) is 0.350. The van der Waals surface area contributed by atoms with E-state index in [1.807, 2.05) is 36.4 Å². The van der Waals surface area contributed by atoms with Crippen LogP contribution in [0.1, 0.15) is 17.5 Å². The lowest BCUT2D eigenvalue weighted by molar-refractivity contribution is -0.130. The van der Waals surface area contributed by atoms with Crippen LogP contribution in [0.3, 0.4) is 0 Å². The van der Waals surface area contributed by atoms with E-state index in [4.69, 9.17) is 25.8 Å². The van der Waals surface area contributed by atoms with E-state index in [0.717, 1.165) is 11.1 Å². The number of rotatable bonds is 8. The topological polar surface area (TPSA) is 48.0 Å². The summed E-state index contributed by atoms with van der Waals surface area (Å²) in [6.45, 7) is 0.420. The average molecular weight is 378 g/mol. The van der Waals surface area contributed by atoms with Crippen LogP contribution in [0.2, 0.25) is 5.02 Å². The second-order valence-electron chi connectivity index (χ2n) is 5.87. The maximum absolute atomic E-state index is 12.5. The second kappa shape index (κ2) is 9.34. The van der Waals surface area contributed by atoms with E-state index in [1.165, 1.54) is 0 Å². The molecule has 1 amide bonds. The molecule has 0 N–H and O–H groups in total. The number of nitrogens with zero attached hydrogens (tertiary/aromatic N) is 1. The minimum absolute atomic E-state index is 0.0526. The zero-order valence-electron chi connectivity index (χ0n) is 15.5. The first-order chi connectivity index (χ1) is 12.5. The van der Waals surface area contributed by atoms with Gasteiger partial charge >= 0.3 is 0 Å². The van der Waals surface area contributed by atoms with Crippen LogP contribution in [0, 0.1) is 0 Å². The zero-order chi connectivity index (χ0) is 19.1. The molecule has 2 aromatic carbocycles. The first kappa shape index (κ1) is 19.9. The molecule has 6 heteroatoms. The predicted octanol–water partition coefficient (Wildman–Crippen LogP) is 3.96. The standard InChI is InChI=1S/C20H24ClNO4/c1-22(18(23)12-7-14-5-9-16(21)10-6-14)13-15-8-11-17(24-2)20(26-4)19(15)25-3/h5-6,8-11H,7,12-13H2,1-4H3. The molecule has 0 unspecified atom stereocenters. The van der Waals surface area contributed by atoms with Crippen molar-refractivity contribution in [2.45, 2.75) is 19.4 Å². The minimum Gasteiger partial charge on any atom is -0.493 e. The molecule has 26 heavy (non-hydrogen) atoms. The lowest BCUT2D eigenvalue weighted by Crippen LogP contribution is -2.26. The van der Waals surface area contributed by atoms with Crippen molar-refractivity contribution >= 4 is 17.5 Å². The smallest absolute Gasteiger partial charge is 0.222 e. The Morgan fingerprint density at radius 1 is 0.962 bits per heavy atom. The number of carbonyl (C=O) groups excluding carboxylic acids is 1. The lowest BCUT2D eigenvalue weighted by Gasteiger charge is -2.21. The molecule has 0 aliphatic carbocycles. The molecule has 5 nitrogen and oxygen atoms in total. The number of carbonyl (C=O) groups is 1. The molecular weight excluding hydrogens is 354 g/mol. The summed E-state index contributed by atoms with van der Waals surface area (Å²) in [6, 6.07) is 11.2. The normalized spacial score (nSPS) is 10.3. The average Bonchev–Trinajstić information content (AvgIpc) is 2.66. The Labute approximate surface area is 159 Å². The third-order valence-corrected chi connectivity index (χ3v) is 4.41. The van der Waals surface area contributed by atoms with Crippen LogP contribution < -0.4 is 14.2 Å². The van der Waals surface area contributed by atoms with Crippen LogP contribution in [0.4, 0.5) is 0 Å². The van der Waals surface area contributed by atoms with Gasteiger partial charge < -0.3 is 19.1 Å². The highest BCUT2D eigenvalue weighted by Crippen LogP contribution is 2.40. The van der Waals surface area contributed by atoms with Gasteiger partial charge in [-0.3, -0.25) is 4.79 Å². The van der Waals surface area contributed by atoms with Gasteiger partial charge in [-0.1, -0.05) is 23.7 Å². The molecule has 0 heterocycles. The molecule has 0 radical (unpaired) electrons. The molecule has 0 fully saturated rings. The second-order valence-corrected chi connectivity index (χ2v) is 6.31. The van der Waals surface area contributed by atoms with Crippen molar-refractivity contribution in [2.24, 2.45) is 0 Å². The van der Waals surface area contributed by atoms with E-state index >= 15 is 0 Å². The van der Waals surface area contributed by atoms with Crippen molar-refractivity contribution in [3.8, 4) is 17.2 Å². The Balaban J connectivity index is 2.05. The number of methoxy groups -OCH3 is 3. The number of hydrogen-bond acceptors (Lipinski definition) is 4. The quantitative estimate of drug-likeness (QED) is 0.698. The highest BCUT2D eigenvalue weighted by Gasteiger charge is 2.18. The third-order valence-electron chi connectivity index (χ3n) is 4.16. The fourth-order valence-corrected chi connectivity index (χ4v) is 2.85. The van der Waals surface area contributed by atoms with Crippen molar-refractivity contribution in [3.05, 3.63) is 52.5 Å². The molecule has 0 bridgehead atoms. The molecule has 0 spiro atoms. The Hall–Kier alpha value is -2.40.